The van der Waals surface area contributed by atoms with E-state index in [1.807, 2.05) is 14.0 Å². The smallest absolute Gasteiger partial charge is 0.194 e. The molecule has 1 aliphatic heterocycles. The Morgan fingerprint density at radius 2 is 2.10 bits per heavy atom. The quantitative estimate of drug-likeness (QED) is 0.673. The number of rotatable bonds is 2. The summed E-state index contributed by atoms with van der Waals surface area (Å²) >= 11 is 1.72. The predicted octanol–water partition coefficient (Wildman–Crippen LogP) is 2.65. The van der Waals surface area contributed by atoms with Crippen molar-refractivity contribution in [3.05, 3.63) is 16.1 Å². The number of guanidine groups is 1. The molecule has 20 heavy (non-hydrogen) atoms. The monoisotopic (exact) mass is 292 g/mol. The Morgan fingerprint density at radius 3 is 2.65 bits per heavy atom. The van der Waals surface area contributed by atoms with E-state index in [1.165, 1.54) is 38.8 Å². The lowest BCUT2D eigenvalue weighted by Gasteiger charge is -2.22. The van der Waals surface area contributed by atoms with Gasteiger partial charge in [-0.3, -0.25) is 4.99 Å². The lowest BCUT2D eigenvalue weighted by atomic mass is 9.82. The highest BCUT2D eigenvalue weighted by atomic mass is 32.1. The van der Waals surface area contributed by atoms with Crippen LogP contribution in [0.3, 0.4) is 0 Å². The number of likely N-dealkylation sites (tertiary alicyclic amines) is 1. The third-order valence-corrected chi connectivity index (χ3v) is 5.52. The van der Waals surface area contributed by atoms with E-state index in [9.17, 15) is 0 Å². The van der Waals surface area contributed by atoms with Gasteiger partial charge in [0.05, 0.1) is 6.54 Å². The zero-order valence-electron chi connectivity index (χ0n) is 12.4. The minimum atomic E-state index is 0.789. The van der Waals surface area contributed by atoms with Gasteiger partial charge in [-0.25, -0.2) is 4.98 Å². The number of aromatic nitrogens is 1. The van der Waals surface area contributed by atoms with Gasteiger partial charge >= 0.3 is 0 Å². The van der Waals surface area contributed by atoms with E-state index in [-0.39, 0.29) is 0 Å². The summed E-state index contributed by atoms with van der Waals surface area (Å²) in [6.45, 7) is 5.19. The number of nitrogens with one attached hydrogen (secondary N) is 1. The van der Waals surface area contributed by atoms with Crippen LogP contribution in [0.15, 0.2) is 10.4 Å². The summed E-state index contributed by atoms with van der Waals surface area (Å²) in [5, 5.41) is 6.72. The Bertz CT molecular complexity index is 468. The van der Waals surface area contributed by atoms with Crippen molar-refractivity contribution in [3.8, 4) is 0 Å². The topological polar surface area (TPSA) is 40.5 Å². The second-order valence-corrected chi connectivity index (χ2v) is 6.94. The van der Waals surface area contributed by atoms with Gasteiger partial charge in [0.15, 0.2) is 5.96 Å². The average Bonchev–Trinajstić information content (AvgIpc) is 3.05. The fraction of sp³-hybridized carbons (Fsp3) is 0.733. The van der Waals surface area contributed by atoms with Crippen LogP contribution in [0.5, 0.6) is 0 Å². The minimum absolute atomic E-state index is 0.789. The van der Waals surface area contributed by atoms with Crippen molar-refractivity contribution in [1.29, 1.82) is 0 Å². The van der Waals surface area contributed by atoms with Crippen LogP contribution >= 0.6 is 11.3 Å². The number of aliphatic imine (C=N–C) groups is 1. The fourth-order valence-corrected chi connectivity index (χ4v) is 4.26. The summed E-state index contributed by atoms with van der Waals surface area (Å²) < 4.78 is 0. The fourth-order valence-electron chi connectivity index (χ4n) is 3.55. The van der Waals surface area contributed by atoms with E-state index < -0.39 is 0 Å². The molecule has 3 rings (SSSR count). The summed E-state index contributed by atoms with van der Waals surface area (Å²) in [4.78, 5) is 11.4. The Kier molecular flexibility index (Phi) is 4.24. The zero-order valence-corrected chi connectivity index (χ0v) is 13.2. The largest absolute Gasteiger partial charge is 0.350 e. The Balaban J connectivity index is 1.57. The van der Waals surface area contributed by atoms with E-state index in [1.54, 1.807) is 11.3 Å². The van der Waals surface area contributed by atoms with Crippen LogP contribution in [0.2, 0.25) is 0 Å². The first-order valence-corrected chi connectivity index (χ1v) is 8.51. The van der Waals surface area contributed by atoms with Crippen molar-refractivity contribution in [3.63, 3.8) is 0 Å². The molecule has 1 aliphatic carbocycles. The predicted molar refractivity (Wildman–Crippen MR) is 84.1 cm³/mol. The van der Waals surface area contributed by atoms with Crippen LogP contribution in [-0.4, -0.2) is 36.0 Å². The Labute approximate surface area is 125 Å². The van der Waals surface area contributed by atoms with Crippen molar-refractivity contribution >= 4 is 17.3 Å². The van der Waals surface area contributed by atoms with E-state index >= 15 is 0 Å². The van der Waals surface area contributed by atoms with Gasteiger partial charge in [-0.05, 0) is 31.6 Å². The molecule has 0 radical (unpaired) electrons. The van der Waals surface area contributed by atoms with Crippen molar-refractivity contribution < 1.29 is 0 Å². The molecule has 1 aromatic rings. The molecule has 1 saturated heterocycles. The third-order valence-electron chi connectivity index (χ3n) is 4.55. The molecule has 0 amide bonds. The van der Waals surface area contributed by atoms with E-state index in [0.29, 0.717) is 0 Å². The Hall–Kier alpha value is -1.10. The van der Waals surface area contributed by atoms with Crippen molar-refractivity contribution in [2.24, 2.45) is 16.8 Å². The molecule has 2 heterocycles. The zero-order chi connectivity index (χ0) is 13.9. The van der Waals surface area contributed by atoms with Crippen LogP contribution < -0.4 is 5.32 Å². The number of fused-ring (bicyclic) bond motifs is 1. The summed E-state index contributed by atoms with van der Waals surface area (Å²) in [5.74, 6) is 2.83. The van der Waals surface area contributed by atoms with E-state index in [0.717, 1.165) is 35.0 Å². The highest BCUT2D eigenvalue weighted by Crippen LogP contribution is 2.35. The number of hydrogen-bond acceptors (Lipinski definition) is 3. The molecule has 2 unspecified atom stereocenters. The van der Waals surface area contributed by atoms with Crippen molar-refractivity contribution in [2.75, 3.05) is 20.1 Å². The maximum atomic E-state index is 4.50. The average molecular weight is 292 g/mol. The standard InChI is InChI=1S/C15H24N4S/c1-11-10-20-14(18-11)7-17-15(16-2)19-8-12-5-3-4-6-13(12)9-19/h10,12-13H,3-9H2,1-2H3,(H,16,17). The van der Waals surface area contributed by atoms with Crippen LogP contribution in [0, 0.1) is 18.8 Å². The van der Waals surface area contributed by atoms with E-state index in [4.69, 9.17) is 0 Å². The summed E-state index contributed by atoms with van der Waals surface area (Å²) in [5.41, 5.74) is 1.11. The number of hydrogen-bond donors (Lipinski definition) is 1. The lowest BCUT2D eigenvalue weighted by Crippen LogP contribution is -2.39. The lowest BCUT2D eigenvalue weighted by molar-refractivity contribution is 0.299. The molecule has 0 spiro atoms. The first-order chi connectivity index (χ1) is 9.76. The first-order valence-electron chi connectivity index (χ1n) is 7.63. The van der Waals surface area contributed by atoms with E-state index in [2.05, 4.69) is 25.6 Å². The van der Waals surface area contributed by atoms with Crippen molar-refractivity contribution in [1.82, 2.24) is 15.2 Å². The van der Waals surface area contributed by atoms with Crippen LogP contribution in [0.4, 0.5) is 0 Å². The van der Waals surface area contributed by atoms with Crippen LogP contribution in [0.1, 0.15) is 36.4 Å². The highest BCUT2D eigenvalue weighted by molar-refractivity contribution is 7.09. The normalized spacial score (nSPS) is 26.7. The number of aryl methyl sites for hydroxylation is 1. The molecule has 110 valence electrons. The third kappa shape index (κ3) is 2.97. The molecule has 0 aromatic carbocycles. The van der Waals surface area contributed by atoms with Gasteiger partial charge in [0.25, 0.3) is 0 Å². The molecule has 5 heteroatoms. The second-order valence-electron chi connectivity index (χ2n) is 5.99. The first kappa shape index (κ1) is 13.9. The van der Waals surface area contributed by atoms with Gasteiger partial charge in [0, 0.05) is 31.2 Å². The highest BCUT2D eigenvalue weighted by Gasteiger charge is 2.35. The summed E-state index contributed by atoms with van der Waals surface area (Å²) in [7, 11) is 1.89. The molecule has 2 fully saturated rings. The van der Waals surface area contributed by atoms with Gasteiger partial charge in [-0.2, -0.15) is 0 Å². The molecule has 0 bridgehead atoms. The summed E-state index contributed by atoms with van der Waals surface area (Å²) in [6.07, 6.45) is 5.65. The molecular weight excluding hydrogens is 268 g/mol. The second kappa shape index (κ2) is 6.12. The number of nitrogens with zero attached hydrogens (tertiary/aromatic N) is 3. The maximum Gasteiger partial charge on any atom is 0.194 e. The molecular formula is C15H24N4S. The van der Waals surface area contributed by atoms with Gasteiger partial charge in [-0.1, -0.05) is 12.8 Å². The molecule has 2 atom stereocenters. The number of thiazole rings is 1. The Morgan fingerprint density at radius 1 is 1.40 bits per heavy atom. The summed E-state index contributed by atoms with van der Waals surface area (Å²) in [6, 6.07) is 0. The molecule has 2 aliphatic rings. The molecule has 1 N–H and O–H groups in total. The van der Waals surface area contributed by atoms with Gasteiger partial charge in [-0.15, -0.1) is 11.3 Å². The van der Waals surface area contributed by atoms with Gasteiger partial charge in [0.2, 0.25) is 0 Å². The minimum Gasteiger partial charge on any atom is -0.350 e. The molecule has 4 nitrogen and oxygen atoms in total. The van der Waals surface area contributed by atoms with Gasteiger partial charge < -0.3 is 10.2 Å². The van der Waals surface area contributed by atoms with Crippen LogP contribution in [0.25, 0.3) is 0 Å². The van der Waals surface area contributed by atoms with Crippen molar-refractivity contribution in [2.45, 2.75) is 39.2 Å². The SMILES string of the molecule is CN=C(NCc1nc(C)cs1)N1CC2CCCCC2C1. The van der Waals surface area contributed by atoms with Crippen LogP contribution in [-0.2, 0) is 6.54 Å². The maximum absolute atomic E-state index is 4.50. The molecule has 1 saturated carbocycles. The molecule has 1 aromatic heterocycles. The van der Waals surface area contributed by atoms with Gasteiger partial charge in [0.1, 0.15) is 5.01 Å².